The van der Waals surface area contributed by atoms with Crippen molar-refractivity contribution in [2.75, 3.05) is 0 Å². The van der Waals surface area contributed by atoms with E-state index in [9.17, 15) is 4.79 Å². The number of carboxylic acids is 1. The molecule has 1 N–H and O–H groups in total. The summed E-state index contributed by atoms with van der Waals surface area (Å²) in [6, 6.07) is 3.72. The third-order valence-corrected chi connectivity index (χ3v) is 4.65. The molecule has 0 radical (unpaired) electrons. The van der Waals surface area contributed by atoms with E-state index in [2.05, 4.69) is 45.2 Å². The van der Waals surface area contributed by atoms with E-state index in [1.165, 1.54) is 0 Å². The molecular weight excluding hydrogens is 426 g/mol. The van der Waals surface area contributed by atoms with Crippen molar-refractivity contribution in [3.63, 3.8) is 0 Å². The van der Waals surface area contributed by atoms with Gasteiger partial charge in [0.25, 0.3) is 0 Å². The van der Waals surface area contributed by atoms with Gasteiger partial charge in [-0.1, -0.05) is 0 Å². The Kier molecular flexibility index (Phi) is 2.98. The second-order valence-electron chi connectivity index (χ2n) is 2.72. The first kappa shape index (κ1) is 10.6. The molecule has 1 aromatic carbocycles. The van der Waals surface area contributed by atoms with E-state index in [1.54, 1.807) is 17.4 Å². The molecule has 0 saturated carbocycles. The van der Waals surface area contributed by atoms with Crippen molar-refractivity contribution in [1.82, 2.24) is 0 Å². The predicted molar refractivity (Wildman–Crippen MR) is 74.2 cm³/mol. The van der Waals surface area contributed by atoms with Crippen LogP contribution in [0.25, 0.3) is 10.1 Å². The summed E-state index contributed by atoms with van der Waals surface area (Å²) in [4.78, 5) is 11.0. The average molecular weight is 430 g/mol. The van der Waals surface area contributed by atoms with E-state index < -0.39 is 5.97 Å². The molecule has 1 heterocycles. The molecular formula is C9H4I2O2S. The number of thiophene rings is 1. The maximum atomic E-state index is 11.0. The van der Waals surface area contributed by atoms with Crippen LogP contribution in [0.3, 0.4) is 0 Å². The number of rotatable bonds is 1. The molecule has 1 aromatic heterocycles. The van der Waals surface area contributed by atoms with Crippen molar-refractivity contribution in [3.05, 3.63) is 30.2 Å². The number of benzene rings is 1. The fourth-order valence-electron chi connectivity index (χ4n) is 1.26. The zero-order valence-corrected chi connectivity index (χ0v) is 11.9. The van der Waals surface area contributed by atoms with Gasteiger partial charge >= 0.3 is 5.97 Å². The maximum absolute atomic E-state index is 11.0. The summed E-state index contributed by atoms with van der Waals surface area (Å²) in [6.45, 7) is 0. The Labute approximate surface area is 112 Å². The summed E-state index contributed by atoms with van der Waals surface area (Å²) in [5, 5.41) is 11.9. The largest absolute Gasteiger partial charge is 0.478 e. The lowest BCUT2D eigenvalue weighted by Gasteiger charge is -1.99. The van der Waals surface area contributed by atoms with Crippen LogP contribution in [0.1, 0.15) is 10.4 Å². The van der Waals surface area contributed by atoms with Gasteiger partial charge in [-0.3, -0.25) is 0 Å². The fourth-order valence-corrected chi connectivity index (χ4v) is 4.12. The number of hydrogen-bond donors (Lipinski definition) is 1. The molecule has 14 heavy (non-hydrogen) atoms. The van der Waals surface area contributed by atoms with Gasteiger partial charge < -0.3 is 5.11 Å². The van der Waals surface area contributed by atoms with Gasteiger partial charge in [-0.25, -0.2) is 4.79 Å². The van der Waals surface area contributed by atoms with Gasteiger partial charge in [0.05, 0.1) is 5.56 Å². The van der Waals surface area contributed by atoms with Crippen LogP contribution in [0, 0.1) is 7.14 Å². The van der Waals surface area contributed by atoms with Gasteiger partial charge in [0.2, 0.25) is 0 Å². The molecule has 5 heteroatoms. The Balaban J connectivity index is 2.90. The van der Waals surface area contributed by atoms with Gasteiger partial charge in [-0.2, -0.15) is 0 Å². The molecule has 0 aliphatic rings. The first-order valence-corrected chi connectivity index (χ1v) is 6.73. The molecule has 0 atom stereocenters. The van der Waals surface area contributed by atoms with E-state index in [-0.39, 0.29) is 0 Å². The minimum absolute atomic E-state index is 0.401. The van der Waals surface area contributed by atoms with Crippen LogP contribution in [0.5, 0.6) is 0 Å². The molecule has 0 bridgehead atoms. The lowest BCUT2D eigenvalue weighted by molar-refractivity contribution is 0.0699. The number of carboxylic acid groups (broad SMARTS) is 1. The van der Waals surface area contributed by atoms with Gasteiger partial charge in [0.1, 0.15) is 0 Å². The molecule has 0 amide bonds. The summed E-state index contributed by atoms with van der Waals surface area (Å²) >= 11 is 5.89. The van der Waals surface area contributed by atoms with E-state index in [0.717, 1.165) is 17.2 Å². The summed E-state index contributed by atoms with van der Waals surface area (Å²) in [5.41, 5.74) is 0.401. The highest BCUT2D eigenvalue weighted by molar-refractivity contribution is 14.1. The SMILES string of the molecule is O=C(O)c1cc(I)cc2scc(I)c12. The molecule has 0 saturated heterocycles. The smallest absolute Gasteiger partial charge is 0.336 e. The first-order chi connectivity index (χ1) is 6.59. The van der Waals surface area contributed by atoms with Crippen LogP contribution in [0.4, 0.5) is 0 Å². The molecule has 0 spiro atoms. The first-order valence-electron chi connectivity index (χ1n) is 3.69. The molecule has 2 nitrogen and oxygen atoms in total. The lowest BCUT2D eigenvalue weighted by Crippen LogP contribution is -1.97. The quantitative estimate of drug-likeness (QED) is 0.700. The Hall–Kier alpha value is 0.110. The molecule has 72 valence electrons. The van der Waals surface area contributed by atoms with Crippen molar-refractivity contribution in [2.45, 2.75) is 0 Å². The van der Waals surface area contributed by atoms with Crippen molar-refractivity contribution >= 4 is 72.6 Å². The summed E-state index contributed by atoms with van der Waals surface area (Å²) in [5.74, 6) is -0.857. The number of carbonyl (C=O) groups is 1. The van der Waals surface area contributed by atoms with Crippen LogP contribution in [-0.2, 0) is 0 Å². The van der Waals surface area contributed by atoms with Crippen molar-refractivity contribution < 1.29 is 9.90 Å². The minimum atomic E-state index is -0.857. The Morgan fingerprint density at radius 2 is 2.07 bits per heavy atom. The molecule has 0 aliphatic heterocycles. The summed E-state index contributed by atoms with van der Waals surface area (Å²) in [6.07, 6.45) is 0. The Bertz CT molecular complexity index is 519. The van der Waals surface area contributed by atoms with E-state index in [1.807, 2.05) is 11.4 Å². The predicted octanol–water partition coefficient (Wildman–Crippen LogP) is 3.81. The van der Waals surface area contributed by atoms with Crippen LogP contribution in [0.2, 0.25) is 0 Å². The van der Waals surface area contributed by atoms with Gasteiger partial charge in [-0.05, 0) is 57.3 Å². The van der Waals surface area contributed by atoms with Crippen LogP contribution < -0.4 is 0 Å². The second-order valence-corrected chi connectivity index (χ2v) is 6.03. The molecule has 2 aromatic rings. The van der Waals surface area contributed by atoms with Crippen molar-refractivity contribution in [2.24, 2.45) is 0 Å². The van der Waals surface area contributed by atoms with Gasteiger partial charge in [0.15, 0.2) is 0 Å². The molecule has 0 fully saturated rings. The van der Waals surface area contributed by atoms with Crippen LogP contribution in [0.15, 0.2) is 17.5 Å². The highest BCUT2D eigenvalue weighted by Gasteiger charge is 2.13. The number of hydrogen-bond acceptors (Lipinski definition) is 2. The standard InChI is InChI=1S/C9H4I2O2S/c10-4-1-5(9(12)13)8-6(11)3-14-7(8)2-4/h1-3H,(H,12,13). The maximum Gasteiger partial charge on any atom is 0.336 e. The van der Waals surface area contributed by atoms with Crippen molar-refractivity contribution in [3.8, 4) is 0 Å². The highest BCUT2D eigenvalue weighted by Crippen LogP contribution is 2.31. The van der Waals surface area contributed by atoms with E-state index >= 15 is 0 Å². The summed E-state index contributed by atoms with van der Waals surface area (Å²) < 4.78 is 3.01. The van der Waals surface area contributed by atoms with Gasteiger partial charge in [0, 0.05) is 22.6 Å². The monoisotopic (exact) mass is 430 g/mol. The fraction of sp³-hybridized carbons (Fsp3) is 0. The minimum Gasteiger partial charge on any atom is -0.478 e. The third-order valence-electron chi connectivity index (χ3n) is 1.83. The normalized spacial score (nSPS) is 10.7. The zero-order valence-electron chi connectivity index (χ0n) is 6.75. The third kappa shape index (κ3) is 1.76. The Morgan fingerprint density at radius 3 is 2.71 bits per heavy atom. The van der Waals surface area contributed by atoms with Crippen LogP contribution in [-0.4, -0.2) is 11.1 Å². The topological polar surface area (TPSA) is 37.3 Å². The number of aromatic carboxylic acids is 1. The zero-order chi connectivity index (χ0) is 10.3. The molecule has 0 unspecified atom stereocenters. The van der Waals surface area contributed by atoms with E-state index in [0.29, 0.717) is 5.56 Å². The summed E-state index contributed by atoms with van der Waals surface area (Å²) in [7, 11) is 0. The Morgan fingerprint density at radius 1 is 1.36 bits per heavy atom. The molecule has 0 aliphatic carbocycles. The van der Waals surface area contributed by atoms with Crippen molar-refractivity contribution in [1.29, 1.82) is 0 Å². The molecule has 2 rings (SSSR count). The highest BCUT2D eigenvalue weighted by atomic mass is 127. The second kappa shape index (κ2) is 3.93. The number of halogens is 2. The lowest BCUT2D eigenvalue weighted by atomic mass is 10.1. The number of fused-ring (bicyclic) bond motifs is 1. The average Bonchev–Trinajstić information content (AvgIpc) is 2.46. The van der Waals surface area contributed by atoms with Crippen LogP contribution >= 0.6 is 56.5 Å². The van der Waals surface area contributed by atoms with E-state index in [4.69, 9.17) is 5.11 Å². The van der Waals surface area contributed by atoms with Gasteiger partial charge in [-0.15, -0.1) is 11.3 Å².